The van der Waals surface area contributed by atoms with Crippen molar-refractivity contribution in [2.75, 3.05) is 20.3 Å². The normalized spacial score (nSPS) is 14.0. The molecule has 0 saturated heterocycles. The first-order valence-corrected chi connectivity index (χ1v) is 17.2. The van der Waals surface area contributed by atoms with Crippen molar-refractivity contribution in [2.24, 2.45) is 15.7 Å². The highest BCUT2D eigenvalue weighted by atomic mass is 35.5. The highest BCUT2D eigenvalue weighted by molar-refractivity contribution is 6.45. The highest BCUT2D eigenvalue weighted by Crippen LogP contribution is 2.36. The van der Waals surface area contributed by atoms with Gasteiger partial charge in [-0.2, -0.15) is 19.5 Å². The molecule has 1 unspecified atom stereocenters. The summed E-state index contributed by atoms with van der Waals surface area (Å²) in [6.07, 6.45) is 5.68. The lowest BCUT2D eigenvalue weighted by atomic mass is 9.73. The van der Waals surface area contributed by atoms with E-state index in [0.717, 1.165) is 17.8 Å². The van der Waals surface area contributed by atoms with Crippen LogP contribution in [0.1, 0.15) is 38.3 Å². The highest BCUT2D eigenvalue weighted by Gasteiger charge is 2.40. The number of ether oxygens (including phenoxy) is 3. The van der Waals surface area contributed by atoms with Crippen LogP contribution in [0.2, 0.25) is 10.0 Å². The summed E-state index contributed by atoms with van der Waals surface area (Å²) in [4.78, 5) is 21.6. The summed E-state index contributed by atoms with van der Waals surface area (Å²) in [7, 11) is 1.37. The van der Waals surface area contributed by atoms with E-state index in [9.17, 15) is 5.11 Å². The van der Waals surface area contributed by atoms with Gasteiger partial charge in [0, 0.05) is 5.02 Å². The van der Waals surface area contributed by atoms with Gasteiger partial charge in [0.25, 0.3) is 17.7 Å². The summed E-state index contributed by atoms with van der Waals surface area (Å²) in [5, 5.41) is 24.1. The topological polar surface area (TPSA) is 148 Å². The van der Waals surface area contributed by atoms with Gasteiger partial charge in [0.2, 0.25) is 5.82 Å². The van der Waals surface area contributed by atoms with E-state index >= 15 is 4.39 Å². The van der Waals surface area contributed by atoms with Gasteiger partial charge in [-0.3, -0.25) is 4.68 Å². The Balaban J connectivity index is 0.000000224. The Hall–Kier alpha value is -5.31. The van der Waals surface area contributed by atoms with Gasteiger partial charge in [0.1, 0.15) is 44.2 Å². The Kier molecular flexibility index (Phi) is 13.2. The van der Waals surface area contributed by atoms with Crippen LogP contribution in [0.3, 0.4) is 0 Å². The van der Waals surface area contributed by atoms with E-state index in [2.05, 4.69) is 30.4 Å². The number of para-hydroxylation sites is 2. The molecule has 1 aliphatic heterocycles. The molecule has 1 N–H and O–H groups in total. The Bertz CT molecular complexity index is 2010. The van der Waals surface area contributed by atoms with Crippen LogP contribution in [0.4, 0.5) is 4.39 Å². The second kappa shape index (κ2) is 17.9. The zero-order valence-corrected chi connectivity index (χ0v) is 31.0. The summed E-state index contributed by atoms with van der Waals surface area (Å²) < 4.78 is 33.5. The van der Waals surface area contributed by atoms with Gasteiger partial charge in [-0.25, -0.2) is 4.98 Å². The Labute approximate surface area is 316 Å². The molecule has 1 aliphatic rings. The molecular weight excluding hydrogens is 728 g/mol. The second-order valence-corrected chi connectivity index (χ2v) is 13.5. The molecule has 53 heavy (non-hydrogen) atoms. The van der Waals surface area contributed by atoms with Crippen molar-refractivity contribution >= 4 is 34.8 Å². The van der Waals surface area contributed by atoms with Gasteiger partial charge < -0.3 is 29.0 Å². The molecule has 3 aromatic carbocycles. The number of benzene rings is 3. The van der Waals surface area contributed by atoms with Crippen molar-refractivity contribution < 1.29 is 33.4 Å². The third-order valence-electron chi connectivity index (χ3n) is 8.09. The second-order valence-electron chi connectivity index (χ2n) is 12.6. The fourth-order valence-electron chi connectivity index (χ4n) is 4.96. The van der Waals surface area contributed by atoms with Gasteiger partial charge in [0.15, 0.2) is 12.3 Å². The van der Waals surface area contributed by atoms with Crippen LogP contribution in [0, 0.1) is 11.2 Å². The summed E-state index contributed by atoms with van der Waals surface area (Å²) in [5.74, 6) is -1.09. The molecule has 0 radical (unpaired) electrons. The van der Waals surface area contributed by atoms with Gasteiger partial charge >= 0.3 is 0 Å². The van der Waals surface area contributed by atoms with Crippen LogP contribution in [-0.2, 0) is 27.4 Å². The van der Waals surface area contributed by atoms with Gasteiger partial charge in [-0.15, -0.1) is 0 Å². The first kappa shape index (κ1) is 38.9. The third-order valence-corrected chi connectivity index (χ3v) is 8.65. The predicted octanol–water partition coefficient (Wildman–Crippen LogP) is 7.91. The molecule has 0 saturated carbocycles. The van der Waals surface area contributed by atoms with E-state index in [1.165, 1.54) is 19.0 Å². The number of aliphatic hydroxyl groups is 1. The van der Waals surface area contributed by atoms with E-state index in [-0.39, 0.29) is 46.9 Å². The zero-order chi connectivity index (χ0) is 37.8. The van der Waals surface area contributed by atoms with Crippen molar-refractivity contribution in [3.8, 4) is 23.3 Å². The SMILES string of the molecule is CC(C)(C)C(O)(CCc1ccc(Cl)cc1)Cn1cncn1.CO/N=C(/C1=NOCCO1)c1ccccc1Oc1ncnc(Oc2ccccc2Cl)c1F. The van der Waals surface area contributed by atoms with Gasteiger partial charge in [-0.05, 0) is 65.4 Å². The minimum Gasteiger partial charge on any atom is -0.470 e. The van der Waals surface area contributed by atoms with Crippen LogP contribution in [0.15, 0.2) is 102 Å². The van der Waals surface area contributed by atoms with Crippen LogP contribution < -0.4 is 9.47 Å². The molecule has 2 aromatic heterocycles. The summed E-state index contributed by atoms with van der Waals surface area (Å²) in [6.45, 7) is 7.17. The molecule has 0 spiro atoms. The van der Waals surface area contributed by atoms with Gasteiger partial charge in [-0.1, -0.05) is 85.5 Å². The van der Waals surface area contributed by atoms with Crippen LogP contribution in [0.25, 0.3) is 0 Å². The minimum atomic E-state index is -0.915. The lowest BCUT2D eigenvalue weighted by Gasteiger charge is -2.40. The molecular formula is C37H38Cl2FN7O6. The quantitative estimate of drug-likeness (QED) is 0.0982. The number of aryl methyl sites for hydroxylation is 1. The van der Waals surface area contributed by atoms with Crippen LogP contribution in [-0.4, -0.2) is 67.4 Å². The molecule has 0 fully saturated rings. The average Bonchev–Trinajstić information content (AvgIpc) is 3.66. The predicted molar refractivity (Wildman–Crippen MR) is 197 cm³/mol. The molecule has 13 nitrogen and oxygen atoms in total. The Morgan fingerprint density at radius 2 is 1.60 bits per heavy atom. The molecule has 0 aliphatic carbocycles. The van der Waals surface area contributed by atoms with E-state index in [1.807, 2.05) is 45.0 Å². The maximum atomic E-state index is 15.1. The number of rotatable bonds is 12. The van der Waals surface area contributed by atoms with E-state index in [0.29, 0.717) is 30.2 Å². The molecule has 1 atom stereocenters. The largest absolute Gasteiger partial charge is 0.470 e. The summed E-state index contributed by atoms with van der Waals surface area (Å²) in [6, 6.07) is 21.1. The minimum absolute atomic E-state index is 0.0973. The van der Waals surface area contributed by atoms with Crippen molar-refractivity contribution in [2.45, 2.75) is 45.8 Å². The lowest BCUT2D eigenvalue weighted by Crippen LogP contribution is -2.47. The van der Waals surface area contributed by atoms with Gasteiger partial charge in [0.05, 0.1) is 22.7 Å². The van der Waals surface area contributed by atoms with Crippen molar-refractivity contribution in [3.63, 3.8) is 0 Å². The van der Waals surface area contributed by atoms with Crippen molar-refractivity contribution in [3.05, 3.63) is 119 Å². The Morgan fingerprint density at radius 1 is 0.925 bits per heavy atom. The smallest absolute Gasteiger partial charge is 0.280 e. The van der Waals surface area contributed by atoms with Crippen molar-refractivity contribution in [1.82, 2.24) is 24.7 Å². The fourth-order valence-corrected chi connectivity index (χ4v) is 5.26. The maximum absolute atomic E-state index is 15.1. The molecule has 16 heteroatoms. The molecule has 6 rings (SSSR count). The third kappa shape index (κ3) is 10.4. The number of halogens is 3. The first-order chi connectivity index (χ1) is 25.5. The number of aromatic nitrogens is 5. The Morgan fingerprint density at radius 3 is 2.23 bits per heavy atom. The van der Waals surface area contributed by atoms with E-state index < -0.39 is 11.4 Å². The van der Waals surface area contributed by atoms with E-state index in [1.54, 1.807) is 59.5 Å². The summed E-state index contributed by atoms with van der Waals surface area (Å²) >= 11 is 12.0. The molecule has 5 aromatic rings. The zero-order valence-electron chi connectivity index (χ0n) is 29.4. The number of oxime groups is 2. The lowest BCUT2D eigenvalue weighted by molar-refractivity contribution is -0.0796. The van der Waals surface area contributed by atoms with Crippen molar-refractivity contribution in [1.29, 1.82) is 0 Å². The monoisotopic (exact) mass is 765 g/mol. The number of nitrogens with zero attached hydrogens (tertiary/aromatic N) is 7. The molecule has 3 heterocycles. The molecule has 0 bridgehead atoms. The van der Waals surface area contributed by atoms with E-state index in [4.69, 9.17) is 47.1 Å². The average molecular weight is 767 g/mol. The van der Waals surface area contributed by atoms with Crippen LogP contribution in [0.5, 0.6) is 23.3 Å². The molecule has 278 valence electrons. The first-order valence-electron chi connectivity index (χ1n) is 16.4. The molecule has 0 amide bonds. The standard InChI is InChI=1S/C21H16ClFN4O5.C16H22ClN3O/c1-28-26-18(21-27-30-11-10-29-21)13-6-2-4-8-15(13)31-19-17(23)20(25-12-24-19)32-16-9-5-3-7-14(16)22;1-15(2,3)16(21,10-20-12-18-11-19-20)9-8-13-4-6-14(17)7-5-13/h2-9,12H,10-11H2,1H3;4-7,11-12,21H,8-10H2,1-3H3/b26-18+;. The van der Waals surface area contributed by atoms with Crippen LogP contribution >= 0.6 is 23.2 Å². The maximum Gasteiger partial charge on any atom is 0.280 e. The number of hydrogen-bond acceptors (Lipinski definition) is 12. The summed E-state index contributed by atoms with van der Waals surface area (Å²) in [5.41, 5.74) is 0.654. The number of hydrogen-bond donors (Lipinski definition) is 1. The fraction of sp³-hybridized carbons (Fsp3) is 0.297.